The molecule has 0 spiro atoms. The molecule has 0 radical (unpaired) electrons. The average molecular weight is 408 g/mol. The van der Waals surface area contributed by atoms with E-state index >= 15 is 0 Å². The maximum Gasteiger partial charge on any atom is 0.123 e. The Morgan fingerprint density at radius 3 is 2.46 bits per heavy atom. The monoisotopic (exact) mass is 407 g/mol. The number of likely N-dealkylation sites (tertiary alicyclic amines) is 1. The average Bonchev–Trinajstić information content (AvgIpc) is 2.68. The maximum absolute atomic E-state index is 13.0. The van der Waals surface area contributed by atoms with E-state index in [0.29, 0.717) is 11.6 Å². The second kappa shape index (κ2) is 9.70. The predicted octanol–water partition coefficient (Wildman–Crippen LogP) is 3.97. The Kier molecular flexibility index (Phi) is 7.30. The topological polar surface area (TPSA) is 52.9 Å². The minimum absolute atomic E-state index is 0.145. The third-order valence-corrected chi connectivity index (χ3v) is 5.56. The van der Waals surface area contributed by atoms with Gasteiger partial charge in [0.15, 0.2) is 0 Å². The van der Waals surface area contributed by atoms with Gasteiger partial charge in [0, 0.05) is 11.6 Å². The Bertz CT molecular complexity index is 763. The lowest BCUT2D eigenvalue weighted by Crippen LogP contribution is -2.41. The largest absolute Gasteiger partial charge is 0.491 e. The lowest BCUT2D eigenvalue weighted by molar-refractivity contribution is 0.0277. The molecule has 1 heterocycles. The summed E-state index contributed by atoms with van der Waals surface area (Å²) in [6.45, 7) is 4.29. The molecule has 0 saturated carbocycles. The van der Waals surface area contributed by atoms with Gasteiger partial charge in [0.1, 0.15) is 24.3 Å². The SMILES string of the molecule is Cc1cc(Cl)ccc1OCC(O)CN1CCC(C(O)c2ccc(F)cc2)CC1. The maximum atomic E-state index is 13.0. The number of piperidine rings is 1. The van der Waals surface area contributed by atoms with Crippen molar-refractivity contribution in [3.05, 3.63) is 64.4 Å². The first kappa shape index (κ1) is 21.1. The van der Waals surface area contributed by atoms with Crippen LogP contribution in [0.2, 0.25) is 5.02 Å². The third-order valence-electron chi connectivity index (χ3n) is 5.33. The van der Waals surface area contributed by atoms with Gasteiger partial charge in [-0.3, -0.25) is 0 Å². The van der Waals surface area contributed by atoms with Crippen LogP contribution in [-0.2, 0) is 0 Å². The van der Waals surface area contributed by atoms with E-state index in [1.54, 1.807) is 18.2 Å². The lowest BCUT2D eigenvalue weighted by Gasteiger charge is -2.35. The molecule has 1 saturated heterocycles. The van der Waals surface area contributed by atoms with Crippen molar-refractivity contribution in [2.45, 2.75) is 32.0 Å². The van der Waals surface area contributed by atoms with Gasteiger partial charge in [-0.1, -0.05) is 23.7 Å². The lowest BCUT2D eigenvalue weighted by atomic mass is 9.87. The van der Waals surface area contributed by atoms with Crippen molar-refractivity contribution >= 4 is 11.6 Å². The molecule has 28 heavy (non-hydrogen) atoms. The van der Waals surface area contributed by atoms with Crippen molar-refractivity contribution in [2.75, 3.05) is 26.2 Å². The first-order chi connectivity index (χ1) is 13.4. The molecule has 6 heteroatoms. The molecule has 3 rings (SSSR count). The highest BCUT2D eigenvalue weighted by Crippen LogP contribution is 2.31. The molecular formula is C22H27ClFNO3. The fourth-order valence-electron chi connectivity index (χ4n) is 3.69. The molecule has 2 unspecified atom stereocenters. The zero-order valence-electron chi connectivity index (χ0n) is 16.0. The van der Waals surface area contributed by atoms with E-state index in [2.05, 4.69) is 4.90 Å². The van der Waals surface area contributed by atoms with Crippen LogP contribution in [0.3, 0.4) is 0 Å². The molecule has 2 atom stereocenters. The minimum Gasteiger partial charge on any atom is -0.491 e. The van der Waals surface area contributed by atoms with Gasteiger partial charge in [-0.15, -0.1) is 0 Å². The van der Waals surface area contributed by atoms with Crippen molar-refractivity contribution in [1.82, 2.24) is 4.90 Å². The second-order valence-electron chi connectivity index (χ2n) is 7.51. The van der Waals surface area contributed by atoms with Crippen molar-refractivity contribution in [2.24, 2.45) is 5.92 Å². The molecule has 2 N–H and O–H groups in total. The van der Waals surface area contributed by atoms with Crippen LogP contribution in [0.15, 0.2) is 42.5 Å². The van der Waals surface area contributed by atoms with Crippen molar-refractivity contribution in [3.8, 4) is 5.75 Å². The Morgan fingerprint density at radius 1 is 1.14 bits per heavy atom. The van der Waals surface area contributed by atoms with Crippen LogP contribution in [-0.4, -0.2) is 47.5 Å². The number of ether oxygens (including phenoxy) is 1. The van der Waals surface area contributed by atoms with E-state index in [-0.39, 0.29) is 18.3 Å². The van der Waals surface area contributed by atoms with Gasteiger partial charge in [0.2, 0.25) is 0 Å². The Balaban J connectivity index is 1.42. The number of benzene rings is 2. The van der Waals surface area contributed by atoms with Crippen LogP contribution in [0, 0.1) is 18.7 Å². The van der Waals surface area contributed by atoms with Gasteiger partial charge in [-0.05, 0) is 80.2 Å². The highest BCUT2D eigenvalue weighted by molar-refractivity contribution is 6.30. The number of hydrogen-bond acceptors (Lipinski definition) is 4. The summed E-state index contributed by atoms with van der Waals surface area (Å²) < 4.78 is 18.8. The Labute approximate surface area is 170 Å². The number of hydrogen-bond donors (Lipinski definition) is 2. The number of aliphatic hydroxyl groups is 2. The van der Waals surface area contributed by atoms with E-state index in [1.165, 1.54) is 12.1 Å². The number of β-amino-alcohol motifs (C(OH)–C–C–N with tert-alkyl or cyclic N) is 1. The number of nitrogens with zero attached hydrogens (tertiary/aromatic N) is 1. The number of rotatable bonds is 7. The second-order valence-corrected chi connectivity index (χ2v) is 7.95. The Hall–Kier alpha value is -1.66. The first-order valence-electron chi connectivity index (χ1n) is 9.65. The summed E-state index contributed by atoms with van der Waals surface area (Å²) in [7, 11) is 0. The molecule has 4 nitrogen and oxygen atoms in total. The Morgan fingerprint density at radius 2 is 1.82 bits per heavy atom. The fraction of sp³-hybridized carbons (Fsp3) is 0.455. The van der Waals surface area contributed by atoms with Crippen LogP contribution in [0.4, 0.5) is 4.39 Å². The van der Waals surface area contributed by atoms with E-state index in [1.807, 2.05) is 19.1 Å². The van der Waals surface area contributed by atoms with Gasteiger partial charge in [0.25, 0.3) is 0 Å². The van der Waals surface area contributed by atoms with E-state index in [4.69, 9.17) is 16.3 Å². The van der Waals surface area contributed by atoms with Gasteiger partial charge >= 0.3 is 0 Å². The van der Waals surface area contributed by atoms with Gasteiger partial charge in [-0.25, -0.2) is 4.39 Å². The standard InChI is InChI=1S/C22H27ClFNO3/c1-15-12-18(23)4-7-21(15)28-14-20(26)13-25-10-8-17(9-11-25)22(27)16-2-5-19(24)6-3-16/h2-7,12,17,20,22,26-27H,8-11,13-14H2,1H3. The summed E-state index contributed by atoms with van der Waals surface area (Å²) in [6.07, 6.45) is 0.503. The number of halogens is 2. The summed E-state index contributed by atoms with van der Waals surface area (Å²) in [5.41, 5.74) is 1.70. The van der Waals surface area contributed by atoms with E-state index in [9.17, 15) is 14.6 Å². The predicted molar refractivity (Wildman–Crippen MR) is 108 cm³/mol. The van der Waals surface area contributed by atoms with E-state index in [0.717, 1.165) is 42.8 Å². The molecular weight excluding hydrogens is 381 g/mol. The smallest absolute Gasteiger partial charge is 0.123 e. The van der Waals surface area contributed by atoms with Crippen LogP contribution in [0.5, 0.6) is 5.75 Å². The van der Waals surface area contributed by atoms with Gasteiger partial charge in [0.05, 0.1) is 6.10 Å². The summed E-state index contributed by atoms with van der Waals surface area (Å²) in [5.74, 6) is 0.576. The minimum atomic E-state index is -0.589. The highest BCUT2D eigenvalue weighted by Gasteiger charge is 2.27. The van der Waals surface area contributed by atoms with Crippen molar-refractivity contribution in [3.63, 3.8) is 0 Å². The normalized spacial score (nSPS) is 18.0. The quantitative estimate of drug-likeness (QED) is 0.729. The van der Waals surface area contributed by atoms with Crippen LogP contribution >= 0.6 is 11.6 Å². The first-order valence-corrected chi connectivity index (χ1v) is 10.0. The molecule has 152 valence electrons. The van der Waals surface area contributed by atoms with Gasteiger partial charge in [-0.2, -0.15) is 0 Å². The third kappa shape index (κ3) is 5.67. The molecule has 0 bridgehead atoms. The molecule has 2 aromatic rings. The number of aliphatic hydroxyl groups excluding tert-OH is 2. The summed E-state index contributed by atoms with van der Waals surface area (Å²) >= 11 is 5.94. The number of aryl methyl sites for hydroxylation is 1. The molecule has 1 fully saturated rings. The van der Waals surface area contributed by atoms with Crippen molar-refractivity contribution < 1.29 is 19.3 Å². The summed E-state index contributed by atoms with van der Waals surface area (Å²) in [4.78, 5) is 2.19. The summed E-state index contributed by atoms with van der Waals surface area (Å²) in [6, 6.07) is 11.5. The molecule has 2 aromatic carbocycles. The molecule has 1 aliphatic heterocycles. The molecule has 0 amide bonds. The zero-order chi connectivity index (χ0) is 20.1. The van der Waals surface area contributed by atoms with E-state index < -0.39 is 12.2 Å². The van der Waals surface area contributed by atoms with Crippen molar-refractivity contribution in [1.29, 1.82) is 0 Å². The fourth-order valence-corrected chi connectivity index (χ4v) is 3.92. The van der Waals surface area contributed by atoms with Crippen LogP contribution in [0.1, 0.15) is 30.1 Å². The molecule has 0 aromatic heterocycles. The van der Waals surface area contributed by atoms with Crippen LogP contribution in [0.25, 0.3) is 0 Å². The molecule has 1 aliphatic rings. The van der Waals surface area contributed by atoms with Crippen LogP contribution < -0.4 is 4.74 Å². The van der Waals surface area contributed by atoms with Gasteiger partial charge < -0.3 is 19.8 Å². The summed E-state index contributed by atoms with van der Waals surface area (Å²) in [5, 5.41) is 21.5. The highest BCUT2D eigenvalue weighted by atomic mass is 35.5. The zero-order valence-corrected chi connectivity index (χ0v) is 16.8. The molecule has 0 aliphatic carbocycles.